The summed E-state index contributed by atoms with van der Waals surface area (Å²) in [5.74, 6) is -1.13. The third-order valence-corrected chi connectivity index (χ3v) is 4.78. The summed E-state index contributed by atoms with van der Waals surface area (Å²) in [5.41, 5.74) is 0.115. The van der Waals surface area contributed by atoms with Crippen LogP contribution in [-0.4, -0.2) is 52.6 Å². The largest absolute Gasteiger partial charge is 0.468 e. The van der Waals surface area contributed by atoms with Gasteiger partial charge < -0.3 is 4.74 Å². The van der Waals surface area contributed by atoms with Crippen molar-refractivity contribution in [3.63, 3.8) is 0 Å². The van der Waals surface area contributed by atoms with Gasteiger partial charge in [0, 0.05) is 12.6 Å². The van der Waals surface area contributed by atoms with Crippen LogP contribution in [0.4, 0.5) is 42.8 Å². The molecule has 0 aromatic carbocycles. The van der Waals surface area contributed by atoms with E-state index < -0.39 is 51.6 Å². The standard InChI is InChI=1S/C16H15ClF6N5O2P/c1-2-28(9-3-4-10(17)24-6-9)14(29)27-13-25-11(30-7-15(18,19)20)5-12(26-13)31-8-16(21,22)23/h3-6,31H,2,7-8H2,1H3,(H,25,26,27,29). The van der Waals surface area contributed by atoms with E-state index in [1.807, 2.05) is 0 Å². The molecule has 0 fully saturated rings. The Bertz CT molecular complexity index is 861. The zero-order valence-corrected chi connectivity index (χ0v) is 17.4. The topological polar surface area (TPSA) is 80.2 Å². The van der Waals surface area contributed by atoms with Gasteiger partial charge in [-0.2, -0.15) is 31.3 Å². The molecule has 2 rings (SSSR count). The predicted octanol–water partition coefficient (Wildman–Crippen LogP) is 4.39. The van der Waals surface area contributed by atoms with Crippen LogP contribution in [0.25, 0.3) is 0 Å². The Morgan fingerprint density at radius 2 is 1.90 bits per heavy atom. The molecule has 7 nitrogen and oxygen atoms in total. The summed E-state index contributed by atoms with van der Waals surface area (Å²) in [6.45, 7) is 0.0763. The number of ether oxygens (including phenoxy) is 1. The summed E-state index contributed by atoms with van der Waals surface area (Å²) in [4.78, 5) is 25.0. The third kappa shape index (κ3) is 8.70. The molecule has 0 saturated heterocycles. The summed E-state index contributed by atoms with van der Waals surface area (Å²) >= 11 is 5.70. The zero-order valence-electron chi connectivity index (χ0n) is 15.7. The molecule has 2 heterocycles. The van der Waals surface area contributed by atoms with Gasteiger partial charge in [-0.3, -0.25) is 10.2 Å². The van der Waals surface area contributed by atoms with Crippen LogP contribution in [0.1, 0.15) is 6.92 Å². The highest BCUT2D eigenvalue weighted by Crippen LogP contribution is 2.26. The average molecular weight is 490 g/mol. The highest BCUT2D eigenvalue weighted by atomic mass is 35.5. The van der Waals surface area contributed by atoms with Crippen molar-refractivity contribution >= 4 is 43.3 Å². The quantitative estimate of drug-likeness (QED) is 0.354. The molecule has 2 aromatic heterocycles. The van der Waals surface area contributed by atoms with Gasteiger partial charge in [0.15, 0.2) is 6.61 Å². The first-order chi connectivity index (χ1) is 14.4. The van der Waals surface area contributed by atoms with E-state index >= 15 is 0 Å². The number of amides is 2. The van der Waals surface area contributed by atoms with Crippen LogP contribution < -0.4 is 20.4 Å². The average Bonchev–Trinajstić information content (AvgIpc) is 2.66. The van der Waals surface area contributed by atoms with Crippen LogP contribution in [-0.2, 0) is 0 Å². The summed E-state index contributed by atoms with van der Waals surface area (Å²) in [6.07, 6.45) is -9.12. The highest BCUT2D eigenvalue weighted by molar-refractivity contribution is 7.46. The number of pyridine rings is 1. The Kier molecular flexibility index (Phi) is 8.24. The number of hydrogen-bond donors (Lipinski definition) is 1. The Labute approximate surface area is 178 Å². The van der Waals surface area contributed by atoms with Crippen LogP contribution in [0.5, 0.6) is 5.88 Å². The van der Waals surface area contributed by atoms with Gasteiger partial charge in [-0.05, 0) is 19.1 Å². The maximum absolute atomic E-state index is 12.6. The van der Waals surface area contributed by atoms with Crippen LogP contribution in [0.3, 0.4) is 0 Å². The van der Waals surface area contributed by atoms with Crippen LogP contribution in [0, 0.1) is 0 Å². The van der Waals surface area contributed by atoms with Gasteiger partial charge in [-0.15, -0.1) is 0 Å². The number of nitrogens with zero attached hydrogens (tertiary/aromatic N) is 4. The lowest BCUT2D eigenvalue weighted by molar-refractivity contribution is -0.154. The number of anilines is 2. The van der Waals surface area contributed by atoms with Gasteiger partial charge in [-0.1, -0.05) is 20.2 Å². The van der Waals surface area contributed by atoms with Gasteiger partial charge in [0.2, 0.25) is 11.8 Å². The number of nitrogens with one attached hydrogen (secondary N) is 1. The molecule has 0 bridgehead atoms. The molecule has 0 aliphatic carbocycles. The number of urea groups is 1. The SMILES string of the molecule is CCN(C(=O)Nc1nc(OCC(F)(F)F)cc(PCC(F)(F)F)n1)c1ccc(Cl)nc1. The molecule has 15 heteroatoms. The normalized spacial score (nSPS) is 12.3. The minimum absolute atomic E-state index is 0.155. The minimum Gasteiger partial charge on any atom is -0.468 e. The van der Waals surface area contributed by atoms with E-state index in [0.717, 1.165) is 6.07 Å². The van der Waals surface area contributed by atoms with E-state index in [1.165, 1.54) is 23.2 Å². The summed E-state index contributed by atoms with van der Waals surface area (Å²) < 4.78 is 79.3. The second-order valence-electron chi connectivity index (χ2n) is 5.80. The van der Waals surface area contributed by atoms with Gasteiger partial charge in [0.25, 0.3) is 0 Å². The van der Waals surface area contributed by atoms with Gasteiger partial charge in [0.1, 0.15) is 5.15 Å². The fourth-order valence-corrected chi connectivity index (χ4v) is 3.03. The van der Waals surface area contributed by atoms with E-state index in [2.05, 4.69) is 25.0 Å². The van der Waals surface area contributed by atoms with Crippen LogP contribution >= 0.6 is 20.2 Å². The zero-order chi connectivity index (χ0) is 23.2. The second kappa shape index (κ2) is 10.3. The third-order valence-electron chi connectivity index (χ3n) is 3.36. The van der Waals surface area contributed by atoms with Gasteiger partial charge in [0.05, 0.1) is 23.5 Å². The van der Waals surface area contributed by atoms with Gasteiger partial charge in [-0.25, -0.2) is 14.8 Å². The Balaban J connectivity index is 2.24. The first-order valence-electron chi connectivity index (χ1n) is 8.45. The van der Waals surface area contributed by atoms with Crippen LogP contribution in [0.2, 0.25) is 5.15 Å². The number of carbonyl (C=O) groups is 1. The Morgan fingerprint density at radius 1 is 1.19 bits per heavy atom. The van der Waals surface area contributed by atoms with E-state index in [1.54, 1.807) is 6.92 Å². The van der Waals surface area contributed by atoms with Crippen molar-refractivity contribution in [2.75, 3.05) is 29.5 Å². The molecular formula is C16H15ClF6N5O2P. The second-order valence-corrected chi connectivity index (χ2v) is 7.41. The van der Waals surface area contributed by atoms with Crippen molar-refractivity contribution in [1.82, 2.24) is 15.0 Å². The highest BCUT2D eigenvalue weighted by Gasteiger charge is 2.30. The summed E-state index contributed by atoms with van der Waals surface area (Å²) in [6, 6.07) is 3.01. The lowest BCUT2D eigenvalue weighted by Gasteiger charge is -2.21. The number of carbonyl (C=O) groups excluding carboxylic acids is 1. The molecule has 1 N–H and O–H groups in total. The number of hydrogen-bond acceptors (Lipinski definition) is 5. The molecule has 2 amide bonds. The maximum Gasteiger partial charge on any atom is 0.422 e. The summed E-state index contributed by atoms with van der Waals surface area (Å²) in [7, 11) is -0.924. The van der Waals surface area contributed by atoms with Crippen molar-refractivity contribution in [3.8, 4) is 5.88 Å². The summed E-state index contributed by atoms with van der Waals surface area (Å²) in [5, 5.41) is 2.44. The fourth-order valence-electron chi connectivity index (χ4n) is 2.13. The molecule has 2 aromatic rings. The first kappa shape index (κ1) is 24.9. The number of aromatic nitrogens is 3. The van der Waals surface area contributed by atoms with E-state index in [4.69, 9.17) is 11.6 Å². The van der Waals surface area contributed by atoms with Gasteiger partial charge >= 0.3 is 18.4 Å². The fraction of sp³-hybridized carbons (Fsp3) is 0.375. The van der Waals surface area contributed by atoms with E-state index in [0.29, 0.717) is 5.69 Å². The molecule has 0 aliphatic rings. The molecule has 170 valence electrons. The number of rotatable bonds is 7. The monoisotopic (exact) mass is 489 g/mol. The molecule has 0 aliphatic heterocycles. The molecule has 0 radical (unpaired) electrons. The lowest BCUT2D eigenvalue weighted by atomic mass is 10.4. The van der Waals surface area contributed by atoms with Crippen molar-refractivity contribution in [2.24, 2.45) is 0 Å². The molecule has 0 saturated carbocycles. The van der Waals surface area contributed by atoms with Crippen molar-refractivity contribution in [3.05, 3.63) is 29.5 Å². The Hall–Kier alpha value is -2.40. The maximum atomic E-state index is 12.6. The number of halogens is 7. The molecule has 31 heavy (non-hydrogen) atoms. The molecule has 1 unspecified atom stereocenters. The number of alkyl halides is 6. The van der Waals surface area contributed by atoms with E-state index in [9.17, 15) is 31.1 Å². The van der Waals surface area contributed by atoms with Crippen molar-refractivity contribution < 1.29 is 35.9 Å². The van der Waals surface area contributed by atoms with Crippen LogP contribution in [0.15, 0.2) is 24.4 Å². The molecule has 1 atom stereocenters. The smallest absolute Gasteiger partial charge is 0.422 e. The van der Waals surface area contributed by atoms with E-state index in [-0.39, 0.29) is 17.1 Å². The lowest BCUT2D eigenvalue weighted by Crippen LogP contribution is -2.35. The van der Waals surface area contributed by atoms with Crippen molar-refractivity contribution in [2.45, 2.75) is 19.3 Å². The molecular weight excluding hydrogens is 475 g/mol. The molecule has 0 spiro atoms. The predicted molar refractivity (Wildman–Crippen MR) is 104 cm³/mol. The van der Waals surface area contributed by atoms with Crippen molar-refractivity contribution in [1.29, 1.82) is 0 Å². The Morgan fingerprint density at radius 3 is 2.45 bits per heavy atom. The first-order valence-corrected chi connectivity index (χ1v) is 10.0. The minimum atomic E-state index is -4.69.